The van der Waals surface area contributed by atoms with E-state index in [9.17, 15) is 26.7 Å². The average molecular weight is 569 g/mol. The fraction of sp³-hybridized carbons (Fsp3) is 0.290. The van der Waals surface area contributed by atoms with Crippen molar-refractivity contribution in [2.45, 2.75) is 32.5 Å². The van der Waals surface area contributed by atoms with Crippen molar-refractivity contribution in [3.05, 3.63) is 95.7 Å². The van der Waals surface area contributed by atoms with Crippen LogP contribution >= 0.6 is 0 Å². The van der Waals surface area contributed by atoms with Crippen LogP contribution in [-0.2, 0) is 13.2 Å². The molecule has 41 heavy (non-hydrogen) atoms. The first-order valence-electron chi connectivity index (χ1n) is 13.2. The number of anilines is 1. The predicted molar refractivity (Wildman–Crippen MR) is 149 cm³/mol. The zero-order valence-electron chi connectivity index (χ0n) is 22.6. The second kappa shape index (κ2) is 11.0. The molecule has 1 aromatic heterocycles. The minimum Gasteiger partial charge on any atom is -0.339 e. The van der Waals surface area contributed by atoms with Crippen LogP contribution < -0.4 is 4.90 Å². The van der Waals surface area contributed by atoms with Gasteiger partial charge in [-0.3, -0.25) is 14.4 Å². The number of nitrogens with zero attached hydrogens (tertiary/aromatic N) is 4. The third-order valence-corrected chi connectivity index (χ3v) is 7.69. The Labute approximate surface area is 234 Å². The first-order chi connectivity index (χ1) is 19.5. The fourth-order valence-corrected chi connectivity index (χ4v) is 5.57. The number of likely N-dealkylation sites (tertiary alicyclic amines) is 1. The number of fused-ring (bicyclic) bond motifs is 1. The first-order valence-corrected chi connectivity index (χ1v) is 13.2. The standard InChI is InChI=1S/C31H29F5N4O/c1-19-8-4-5-13-26(19)40(30(32)33)20(2)21-14-16-39(17-15-21)29(41)25-12-7-11-24-27(37-38(3)28(24)25)22-9-6-10-23(18-22)31(34,35)36/h4-13,18,21,30H,2,14-17H2,1,3H3. The van der Waals surface area contributed by atoms with E-state index in [1.807, 2.05) is 0 Å². The summed E-state index contributed by atoms with van der Waals surface area (Å²) in [4.78, 5) is 16.3. The van der Waals surface area contributed by atoms with Crippen molar-refractivity contribution in [1.29, 1.82) is 0 Å². The van der Waals surface area contributed by atoms with Crippen molar-refractivity contribution in [2.24, 2.45) is 13.0 Å². The van der Waals surface area contributed by atoms with Gasteiger partial charge in [-0.25, -0.2) is 0 Å². The number of carbonyl (C=O) groups is 1. The minimum absolute atomic E-state index is 0.229. The van der Waals surface area contributed by atoms with Crippen LogP contribution in [0.2, 0.25) is 0 Å². The largest absolute Gasteiger partial charge is 0.416 e. The average Bonchev–Trinajstić information content (AvgIpc) is 3.30. The molecule has 5 rings (SSSR count). The quantitative estimate of drug-likeness (QED) is 0.177. The maximum atomic E-state index is 14.1. The molecule has 1 aliphatic rings. The van der Waals surface area contributed by atoms with Gasteiger partial charge in [0.15, 0.2) is 0 Å². The minimum atomic E-state index is -4.49. The van der Waals surface area contributed by atoms with E-state index in [1.54, 1.807) is 67.4 Å². The number of alkyl halides is 5. The molecule has 0 unspecified atom stereocenters. The van der Waals surface area contributed by atoms with Crippen molar-refractivity contribution in [1.82, 2.24) is 14.7 Å². The lowest BCUT2D eigenvalue weighted by Crippen LogP contribution is -2.41. The number of halogens is 5. The van der Waals surface area contributed by atoms with Gasteiger partial charge in [0, 0.05) is 48.4 Å². The van der Waals surface area contributed by atoms with Crippen LogP contribution in [0.3, 0.4) is 0 Å². The van der Waals surface area contributed by atoms with Gasteiger partial charge in [0.1, 0.15) is 5.69 Å². The zero-order chi connectivity index (χ0) is 29.5. The Morgan fingerprint density at radius 1 is 1.02 bits per heavy atom. The molecule has 10 heteroatoms. The third kappa shape index (κ3) is 5.42. The van der Waals surface area contributed by atoms with Gasteiger partial charge in [-0.1, -0.05) is 49.0 Å². The molecule has 1 amide bonds. The predicted octanol–water partition coefficient (Wildman–Crippen LogP) is 7.66. The number of carbonyl (C=O) groups excluding carboxylic acids is 1. The van der Waals surface area contributed by atoms with E-state index in [1.165, 1.54) is 10.7 Å². The fourth-order valence-electron chi connectivity index (χ4n) is 5.57. The normalized spacial score (nSPS) is 14.6. The molecule has 0 atom stereocenters. The summed E-state index contributed by atoms with van der Waals surface area (Å²) >= 11 is 0. The Morgan fingerprint density at radius 3 is 2.37 bits per heavy atom. The maximum absolute atomic E-state index is 14.1. The molecule has 0 radical (unpaired) electrons. The van der Waals surface area contributed by atoms with Gasteiger partial charge in [-0.2, -0.15) is 27.1 Å². The van der Waals surface area contributed by atoms with Gasteiger partial charge in [0.25, 0.3) is 5.91 Å². The van der Waals surface area contributed by atoms with Gasteiger partial charge in [-0.05, 0) is 49.6 Å². The molecule has 2 heterocycles. The second-order valence-electron chi connectivity index (χ2n) is 10.2. The Morgan fingerprint density at radius 2 is 1.71 bits per heavy atom. The summed E-state index contributed by atoms with van der Waals surface area (Å²) in [6.45, 7) is 3.73. The van der Waals surface area contributed by atoms with Crippen LogP contribution in [-0.4, -0.2) is 40.2 Å². The Kier molecular flexibility index (Phi) is 7.59. The molecule has 0 N–H and O–H groups in total. The first kappa shape index (κ1) is 28.3. The molecule has 1 aliphatic heterocycles. The molecule has 3 aromatic carbocycles. The van der Waals surface area contributed by atoms with E-state index < -0.39 is 18.3 Å². The van der Waals surface area contributed by atoms with Crippen LogP contribution in [0.5, 0.6) is 0 Å². The van der Waals surface area contributed by atoms with Gasteiger partial charge in [0.2, 0.25) is 0 Å². The van der Waals surface area contributed by atoms with E-state index in [0.717, 1.165) is 22.6 Å². The Balaban J connectivity index is 1.37. The van der Waals surface area contributed by atoms with Crippen molar-refractivity contribution in [3.63, 3.8) is 0 Å². The number of hydrogen-bond acceptors (Lipinski definition) is 3. The number of benzene rings is 3. The number of allylic oxidation sites excluding steroid dienone is 1. The molecule has 4 aromatic rings. The lowest BCUT2D eigenvalue weighted by atomic mass is 9.92. The third-order valence-electron chi connectivity index (χ3n) is 7.69. The summed E-state index contributed by atoms with van der Waals surface area (Å²) < 4.78 is 69.7. The summed E-state index contributed by atoms with van der Waals surface area (Å²) in [5.41, 5.74) is 2.20. The van der Waals surface area contributed by atoms with Crippen molar-refractivity contribution in [3.8, 4) is 11.3 Å². The molecule has 0 spiro atoms. The lowest BCUT2D eigenvalue weighted by molar-refractivity contribution is -0.137. The van der Waals surface area contributed by atoms with Crippen LogP contribution in [0.25, 0.3) is 22.2 Å². The molecule has 0 bridgehead atoms. The molecule has 214 valence electrons. The topological polar surface area (TPSA) is 41.4 Å². The Bertz CT molecular complexity index is 1600. The van der Waals surface area contributed by atoms with Crippen LogP contribution in [0.4, 0.5) is 27.6 Å². The summed E-state index contributed by atoms with van der Waals surface area (Å²) in [5.74, 6) is -0.476. The van der Waals surface area contributed by atoms with Crippen LogP contribution in [0.1, 0.15) is 34.3 Å². The van der Waals surface area contributed by atoms with E-state index >= 15 is 0 Å². The second-order valence-corrected chi connectivity index (χ2v) is 10.2. The molecule has 1 fully saturated rings. The number of piperidine rings is 1. The molecular weight excluding hydrogens is 539 g/mol. The van der Waals surface area contributed by atoms with Crippen molar-refractivity contribution >= 4 is 22.5 Å². The highest BCUT2D eigenvalue weighted by Crippen LogP contribution is 2.37. The molecular formula is C31H29F5N4O. The highest BCUT2D eigenvalue weighted by molar-refractivity contribution is 6.08. The summed E-state index contributed by atoms with van der Waals surface area (Å²) in [5, 5.41) is 5.03. The van der Waals surface area contributed by atoms with Crippen molar-refractivity contribution < 1.29 is 26.7 Å². The van der Waals surface area contributed by atoms with Gasteiger partial charge in [-0.15, -0.1) is 0 Å². The number of aromatic nitrogens is 2. The number of aryl methyl sites for hydroxylation is 2. The highest BCUT2D eigenvalue weighted by Gasteiger charge is 2.33. The van der Waals surface area contributed by atoms with E-state index in [-0.39, 0.29) is 11.8 Å². The van der Waals surface area contributed by atoms with E-state index in [4.69, 9.17) is 0 Å². The molecule has 0 aliphatic carbocycles. The zero-order valence-corrected chi connectivity index (χ0v) is 22.6. The summed E-state index contributed by atoms with van der Waals surface area (Å²) in [7, 11) is 1.65. The monoisotopic (exact) mass is 568 g/mol. The number of hydrogen-bond donors (Lipinski definition) is 0. The van der Waals surface area contributed by atoms with Gasteiger partial charge >= 0.3 is 12.7 Å². The number of amides is 1. The summed E-state index contributed by atoms with van der Waals surface area (Å²) in [6.07, 6.45) is -3.56. The maximum Gasteiger partial charge on any atom is 0.416 e. The van der Waals surface area contributed by atoms with E-state index in [0.29, 0.717) is 65.0 Å². The lowest BCUT2D eigenvalue weighted by Gasteiger charge is -2.37. The highest BCUT2D eigenvalue weighted by atomic mass is 19.4. The molecule has 0 saturated carbocycles. The van der Waals surface area contributed by atoms with E-state index in [2.05, 4.69) is 11.7 Å². The summed E-state index contributed by atoms with van der Waals surface area (Å²) in [6, 6.07) is 17.0. The smallest absolute Gasteiger partial charge is 0.339 e. The Hall–Kier alpha value is -4.21. The molecule has 1 saturated heterocycles. The van der Waals surface area contributed by atoms with Gasteiger partial charge in [0.05, 0.1) is 16.6 Å². The molecule has 5 nitrogen and oxygen atoms in total. The van der Waals surface area contributed by atoms with Crippen molar-refractivity contribution in [2.75, 3.05) is 18.0 Å². The number of para-hydroxylation sites is 2. The van der Waals surface area contributed by atoms with Crippen LogP contribution in [0, 0.1) is 12.8 Å². The SMILES string of the molecule is C=C(C1CCN(C(=O)c2cccc3c(-c4cccc(C(F)(F)F)c4)nn(C)c23)CC1)N(c1ccccc1C)C(F)F. The van der Waals surface area contributed by atoms with Gasteiger partial charge < -0.3 is 4.90 Å². The number of rotatable bonds is 6. The van der Waals surface area contributed by atoms with Crippen LogP contribution in [0.15, 0.2) is 79.0 Å².